The van der Waals surface area contributed by atoms with E-state index >= 15 is 0 Å². The highest BCUT2D eigenvalue weighted by atomic mass is 16.5. The molecule has 0 saturated carbocycles. The van der Waals surface area contributed by atoms with Crippen molar-refractivity contribution >= 4 is 0 Å². The van der Waals surface area contributed by atoms with Gasteiger partial charge >= 0.3 is 0 Å². The Hall–Kier alpha value is -0.120. The Morgan fingerprint density at radius 3 is 2.53 bits per heavy atom. The quantitative estimate of drug-likeness (QED) is 0.616. The van der Waals surface area contributed by atoms with Crippen molar-refractivity contribution in [2.24, 2.45) is 17.1 Å². The minimum absolute atomic E-state index is 0.308. The van der Waals surface area contributed by atoms with E-state index in [1.165, 1.54) is 0 Å². The van der Waals surface area contributed by atoms with Crippen LogP contribution in [-0.2, 0) is 4.74 Å². The fourth-order valence-corrected chi connectivity index (χ4v) is 1.48. The number of hydrogen-bond acceptors (Lipinski definition) is 3. The van der Waals surface area contributed by atoms with Crippen LogP contribution in [0.25, 0.3) is 0 Å². The third kappa shape index (κ3) is 7.77. The molecule has 0 bridgehead atoms. The van der Waals surface area contributed by atoms with Crippen molar-refractivity contribution < 1.29 is 4.74 Å². The molecule has 1 atom stereocenters. The molecule has 3 N–H and O–H groups in total. The maximum Gasteiger partial charge on any atom is 0.0467 e. The Kier molecular flexibility index (Phi) is 8.02. The molecule has 0 aliphatic heterocycles. The predicted octanol–water partition coefficient (Wildman–Crippen LogP) is 1.62. The van der Waals surface area contributed by atoms with Gasteiger partial charge in [-0.15, -0.1) is 0 Å². The zero-order valence-corrected chi connectivity index (χ0v) is 10.8. The van der Waals surface area contributed by atoms with E-state index in [0.717, 1.165) is 39.1 Å². The van der Waals surface area contributed by atoms with Gasteiger partial charge in [0.2, 0.25) is 0 Å². The predicted molar refractivity (Wildman–Crippen MR) is 66.0 cm³/mol. The van der Waals surface area contributed by atoms with Crippen molar-refractivity contribution in [3.63, 3.8) is 0 Å². The number of ether oxygens (including phenoxy) is 1. The molecule has 0 rings (SSSR count). The molecule has 0 spiro atoms. The van der Waals surface area contributed by atoms with Crippen molar-refractivity contribution in [1.29, 1.82) is 0 Å². The second-order valence-electron chi connectivity index (χ2n) is 5.05. The first-order valence-corrected chi connectivity index (χ1v) is 5.95. The molecule has 3 heteroatoms. The molecule has 0 aliphatic carbocycles. The average molecular weight is 216 g/mol. The van der Waals surface area contributed by atoms with Crippen LogP contribution in [-0.4, -0.2) is 33.4 Å². The molecule has 0 aromatic heterocycles. The van der Waals surface area contributed by atoms with Crippen LogP contribution in [0, 0.1) is 11.3 Å². The normalized spacial score (nSPS) is 14.2. The average Bonchev–Trinajstić information content (AvgIpc) is 2.22. The lowest BCUT2D eigenvalue weighted by atomic mass is 9.89. The number of nitrogens with two attached hydrogens (primary N) is 1. The SMILES string of the molecule is CCC(CN)CNCC(C)(C)CCOC. The molecule has 15 heavy (non-hydrogen) atoms. The largest absolute Gasteiger partial charge is 0.385 e. The topological polar surface area (TPSA) is 47.3 Å². The van der Waals surface area contributed by atoms with Crippen LogP contribution in [0.3, 0.4) is 0 Å². The third-order valence-corrected chi connectivity index (χ3v) is 2.93. The van der Waals surface area contributed by atoms with Crippen LogP contribution in [0.4, 0.5) is 0 Å². The minimum atomic E-state index is 0.308. The van der Waals surface area contributed by atoms with E-state index < -0.39 is 0 Å². The molecule has 3 nitrogen and oxygen atoms in total. The fourth-order valence-electron chi connectivity index (χ4n) is 1.48. The van der Waals surface area contributed by atoms with E-state index in [2.05, 4.69) is 26.1 Å². The summed E-state index contributed by atoms with van der Waals surface area (Å²) in [6, 6.07) is 0. The standard InChI is InChI=1S/C12H28N2O/c1-5-11(8-13)9-14-10-12(2,3)6-7-15-4/h11,14H,5-10,13H2,1-4H3. The zero-order chi connectivity index (χ0) is 11.7. The third-order valence-electron chi connectivity index (χ3n) is 2.93. The van der Waals surface area contributed by atoms with Crippen LogP contribution in [0.1, 0.15) is 33.6 Å². The van der Waals surface area contributed by atoms with E-state index in [9.17, 15) is 0 Å². The number of methoxy groups -OCH3 is 1. The molecular weight excluding hydrogens is 188 g/mol. The Bertz CT molecular complexity index is 145. The minimum Gasteiger partial charge on any atom is -0.385 e. The summed E-state index contributed by atoms with van der Waals surface area (Å²) < 4.78 is 5.10. The summed E-state index contributed by atoms with van der Waals surface area (Å²) in [5.41, 5.74) is 5.96. The van der Waals surface area contributed by atoms with Crippen LogP contribution in [0.15, 0.2) is 0 Å². The van der Waals surface area contributed by atoms with Crippen molar-refractivity contribution in [2.75, 3.05) is 33.4 Å². The van der Waals surface area contributed by atoms with Gasteiger partial charge in [0.1, 0.15) is 0 Å². The van der Waals surface area contributed by atoms with Gasteiger partial charge in [0, 0.05) is 20.3 Å². The highest BCUT2D eigenvalue weighted by Gasteiger charge is 2.17. The van der Waals surface area contributed by atoms with Gasteiger partial charge in [0.25, 0.3) is 0 Å². The summed E-state index contributed by atoms with van der Waals surface area (Å²) in [4.78, 5) is 0. The Morgan fingerprint density at radius 2 is 2.07 bits per heavy atom. The van der Waals surface area contributed by atoms with Gasteiger partial charge in [-0.1, -0.05) is 27.2 Å². The highest BCUT2D eigenvalue weighted by molar-refractivity contribution is 4.72. The second-order valence-corrected chi connectivity index (χ2v) is 5.05. The van der Waals surface area contributed by atoms with Gasteiger partial charge < -0.3 is 15.8 Å². The van der Waals surface area contributed by atoms with E-state index in [0.29, 0.717) is 11.3 Å². The summed E-state index contributed by atoms with van der Waals surface area (Å²) >= 11 is 0. The van der Waals surface area contributed by atoms with Crippen LogP contribution in [0.5, 0.6) is 0 Å². The molecule has 0 aromatic rings. The zero-order valence-electron chi connectivity index (χ0n) is 10.8. The van der Waals surface area contributed by atoms with E-state index in [-0.39, 0.29) is 0 Å². The molecule has 0 aliphatic rings. The van der Waals surface area contributed by atoms with Gasteiger partial charge in [-0.05, 0) is 30.8 Å². The highest BCUT2D eigenvalue weighted by Crippen LogP contribution is 2.18. The van der Waals surface area contributed by atoms with Crippen LogP contribution < -0.4 is 11.1 Å². The molecular formula is C12H28N2O. The second kappa shape index (κ2) is 8.08. The fraction of sp³-hybridized carbons (Fsp3) is 1.00. The van der Waals surface area contributed by atoms with Gasteiger partial charge in [-0.2, -0.15) is 0 Å². The summed E-state index contributed by atoms with van der Waals surface area (Å²) in [6.07, 6.45) is 2.25. The lowest BCUT2D eigenvalue weighted by Crippen LogP contribution is -2.35. The Balaban J connectivity index is 3.63. The molecule has 0 heterocycles. The first-order chi connectivity index (χ1) is 7.05. The Morgan fingerprint density at radius 1 is 1.40 bits per heavy atom. The molecule has 0 radical (unpaired) electrons. The van der Waals surface area contributed by atoms with Crippen molar-refractivity contribution in [1.82, 2.24) is 5.32 Å². The molecule has 0 amide bonds. The first-order valence-electron chi connectivity index (χ1n) is 5.95. The molecule has 0 saturated heterocycles. The van der Waals surface area contributed by atoms with Crippen LogP contribution >= 0.6 is 0 Å². The van der Waals surface area contributed by atoms with Crippen LogP contribution in [0.2, 0.25) is 0 Å². The Labute approximate surface area is 94.8 Å². The smallest absolute Gasteiger partial charge is 0.0467 e. The summed E-state index contributed by atoms with van der Waals surface area (Å²) in [5.74, 6) is 0.614. The molecule has 0 fully saturated rings. The maximum absolute atomic E-state index is 5.65. The number of hydrogen-bond donors (Lipinski definition) is 2. The number of nitrogens with one attached hydrogen (secondary N) is 1. The van der Waals surface area contributed by atoms with E-state index in [1.54, 1.807) is 7.11 Å². The molecule has 1 unspecified atom stereocenters. The molecule has 0 aromatic carbocycles. The summed E-state index contributed by atoms with van der Waals surface area (Å²) in [5, 5.41) is 3.50. The van der Waals surface area contributed by atoms with Gasteiger partial charge in [-0.25, -0.2) is 0 Å². The number of rotatable bonds is 9. The lowest BCUT2D eigenvalue weighted by Gasteiger charge is -2.26. The van der Waals surface area contributed by atoms with Gasteiger partial charge in [-0.3, -0.25) is 0 Å². The maximum atomic E-state index is 5.65. The van der Waals surface area contributed by atoms with Crippen molar-refractivity contribution in [3.05, 3.63) is 0 Å². The van der Waals surface area contributed by atoms with Gasteiger partial charge in [0.15, 0.2) is 0 Å². The van der Waals surface area contributed by atoms with Crippen molar-refractivity contribution in [2.45, 2.75) is 33.6 Å². The van der Waals surface area contributed by atoms with Crippen molar-refractivity contribution in [3.8, 4) is 0 Å². The van der Waals surface area contributed by atoms with E-state index in [4.69, 9.17) is 10.5 Å². The lowest BCUT2D eigenvalue weighted by molar-refractivity contribution is 0.150. The monoisotopic (exact) mass is 216 g/mol. The van der Waals surface area contributed by atoms with E-state index in [1.807, 2.05) is 0 Å². The first kappa shape index (κ1) is 14.9. The van der Waals surface area contributed by atoms with Gasteiger partial charge in [0.05, 0.1) is 0 Å². The summed E-state index contributed by atoms with van der Waals surface area (Å²) in [7, 11) is 1.76. The molecule has 92 valence electrons. The summed E-state index contributed by atoms with van der Waals surface area (Å²) in [6.45, 7) is 10.4.